The van der Waals surface area contributed by atoms with Gasteiger partial charge in [-0.1, -0.05) is 12.1 Å². The minimum atomic E-state index is -0.292. The van der Waals surface area contributed by atoms with Crippen LogP contribution in [0.1, 0.15) is 39.2 Å². The van der Waals surface area contributed by atoms with Gasteiger partial charge < -0.3 is 31.0 Å². The molecular weight excluding hydrogens is 582 g/mol. The predicted molar refractivity (Wildman–Crippen MR) is 188 cm³/mol. The SMILES string of the molecule is CCN(CC)c1ccnc(=O)[nH]1.CN/C(C)=C\C(N)=N/c1ncc(C)c(-c2c[nH]c3c(NC)cccc23)n1.O=CCN1CCCC1. The van der Waals surface area contributed by atoms with Crippen LogP contribution in [0.15, 0.2) is 64.4 Å². The van der Waals surface area contributed by atoms with E-state index in [0.717, 1.165) is 77.4 Å². The second-order valence-electron chi connectivity index (χ2n) is 10.6. The van der Waals surface area contributed by atoms with Gasteiger partial charge in [-0.2, -0.15) is 4.99 Å². The Kier molecular flexibility index (Phi) is 13.9. The average molecular weight is 630 g/mol. The smallest absolute Gasteiger partial charge is 0.346 e. The lowest BCUT2D eigenvalue weighted by molar-refractivity contribution is -0.108. The Morgan fingerprint density at radius 2 is 1.89 bits per heavy atom. The molecule has 0 spiro atoms. The molecule has 0 atom stereocenters. The van der Waals surface area contributed by atoms with Crippen molar-refractivity contribution in [2.75, 3.05) is 57.0 Å². The van der Waals surface area contributed by atoms with Crippen LogP contribution < -0.4 is 27.0 Å². The molecule has 1 aromatic carbocycles. The number of aromatic amines is 2. The van der Waals surface area contributed by atoms with E-state index in [1.807, 2.05) is 60.1 Å². The molecule has 0 saturated carbocycles. The van der Waals surface area contributed by atoms with Gasteiger partial charge in [0.1, 0.15) is 17.9 Å². The number of aryl methyl sites for hydroxylation is 1. The number of rotatable bonds is 10. The highest BCUT2D eigenvalue weighted by Crippen LogP contribution is 2.33. The number of hydrogen-bond donors (Lipinski definition) is 5. The van der Waals surface area contributed by atoms with E-state index in [4.69, 9.17) is 5.73 Å². The van der Waals surface area contributed by atoms with Crippen LogP contribution in [0.25, 0.3) is 22.2 Å². The fourth-order valence-electron chi connectivity index (χ4n) is 4.94. The molecule has 1 aliphatic rings. The monoisotopic (exact) mass is 629 g/mol. The second kappa shape index (κ2) is 18.1. The molecule has 4 heterocycles. The molecule has 13 nitrogen and oxygen atoms in total. The maximum atomic E-state index is 10.8. The fraction of sp³-hybridized carbons (Fsp3) is 0.394. The van der Waals surface area contributed by atoms with Crippen LogP contribution in [0.5, 0.6) is 0 Å². The molecule has 246 valence electrons. The predicted octanol–water partition coefficient (Wildman–Crippen LogP) is 3.98. The Morgan fingerprint density at radius 3 is 2.52 bits per heavy atom. The lowest BCUT2D eigenvalue weighted by Crippen LogP contribution is -2.25. The summed E-state index contributed by atoms with van der Waals surface area (Å²) in [5.41, 5.74) is 11.5. The number of allylic oxidation sites excluding steroid dienone is 1. The standard InChI is InChI=1S/C19H23N7.C8H13N3O.C6H11NO/c1-11-9-24-19(25-16(20)8-12(2)21-3)26-17(11)14-10-23-18-13(14)6-5-7-15(18)22-4;1-3-11(4-2)7-5-6-9-8(12)10-7;8-6-5-7-3-1-2-4-7/h5-10,21-23H,1-4H3,(H2,20,24,25,26);5-6H,3-4H2,1-2H3,(H,9,10,12);6H,1-5H2/b12-8-;;. The number of amidine groups is 1. The lowest BCUT2D eigenvalue weighted by Gasteiger charge is -2.19. The highest BCUT2D eigenvalue weighted by atomic mass is 16.1. The summed E-state index contributed by atoms with van der Waals surface area (Å²) < 4.78 is 0. The molecule has 3 aromatic heterocycles. The summed E-state index contributed by atoms with van der Waals surface area (Å²) in [5.74, 6) is 1.52. The third-order valence-electron chi connectivity index (χ3n) is 7.48. The van der Waals surface area contributed by atoms with Gasteiger partial charge in [0, 0.05) is 62.4 Å². The van der Waals surface area contributed by atoms with Crippen LogP contribution in [-0.2, 0) is 4.79 Å². The van der Waals surface area contributed by atoms with E-state index in [-0.39, 0.29) is 5.69 Å². The molecule has 1 aliphatic heterocycles. The summed E-state index contributed by atoms with van der Waals surface area (Å²) >= 11 is 0. The Bertz CT molecular complexity index is 1670. The van der Waals surface area contributed by atoms with Crippen molar-refractivity contribution in [1.82, 2.24) is 35.1 Å². The van der Waals surface area contributed by atoms with Crippen molar-refractivity contribution in [3.63, 3.8) is 0 Å². The Labute approximate surface area is 270 Å². The van der Waals surface area contributed by atoms with Crippen molar-refractivity contribution in [3.8, 4) is 11.3 Å². The first-order chi connectivity index (χ1) is 22.2. The normalized spacial score (nSPS) is 13.3. The Balaban J connectivity index is 0.000000236. The molecule has 0 amide bonds. The van der Waals surface area contributed by atoms with Crippen molar-refractivity contribution in [1.29, 1.82) is 0 Å². The minimum Gasteiger partial charge on any atom is -0.392 e. The number of aliphatic imine (C=N–C) groups is 1. The van der Waals surface area contributed by atoms with Gasteiger partial charge in [-0.05, 0) is 77.4 Å². The maximum absolute atomic E-state index is 10.8. The highest BCUT2D eigenvalue weighted by Gasteiger charge is 2.13. The molecule has 5 rings (SSSR count). The number of nitrogens with one attached hydrogen (secondary N) is 4. The zero-order valence-corrected chi connectivity index (χ0v) is 27.7. The summed E-state index contributed by atoms with van der Waals surface area (Å²) in [6.45, 7) is 12.6. The van der Waals surface area contributed by atoms with E-state index in [2.05, 4.69) is 56.4 Å². The highest BCUT2D eigenvalue weighted by molar-refractivity contribution is 6.01. The zero-order chi connectivity index (χ0) is 33.5. The van der Waals surface area contributed by atoms with Gasteiger partial charge in [-0.25, -0.2) is 19.7 Å². The van der Waals surface area contributed by atoms with Crippen LogP contribution in [0.3, 0.4) is 0 Å². The molecular formula is C33H47N11O2. The molecule has 0 radical (unpaired) electrons. The van der Waals surface area contributed by atoms with Crippen LogP contribution in [0, 0.1) is 6.92 Å². The number of anilines is 2. The van der Waals surface area contributed by atoms with E-state index in [1.165, 1.54) is 19.0 Å². The zero-order valence-electron chi connectivity index (χ0n) is 27.7. The lowest BCUT2D eigenvalue weighted by atomic mass is 10.1. The summed E-state index contributed by atoms with van der Waals surface area (Å²) in [6.07, 6.45) is 10.5. The van der Waals surface area contributed by atoms with Crippen molar-refractivity contribution in [3.05, 3.63) is 70.7 Å². The van der Waals surface area contributed by atoms with E-state index in [1.54, 1.807) is 18.3 Å². The molecule has 46 heavy (non-hydrogen) atoms. The Hall–Kier alpha value is -5.04. The third-order valence-corrected chi connectivity index (χ3v) is 7.48. The first-order valence-electron chi connectivity index (χ1n) is 15.5. The number of H-pyrrole nitrogens is 2. The van der Waals surface area contributed by atoms with Crippen molar-refractivity contribution in [2.24, 2.45) is 10.7 Å². The van der Waals surface area contributed by atoms with Gasteiger partial charge in [0.25, 0.3) is 5.95 Å². The molecule has 0 bridgehead atoms. The van der Waals surface area contributed by atoms with Crippen molar-refractivity contribution >= 4 is 40.5 Å². The van der Waals surface area contributed by atoms with E-state index in [9.17, 15) is 9.59 Å². The first kappa shape index (κ1) is 35.4. The molecule has 4 aromatic rings. The van der Waals surface area contributed by atoms with Gasteiger partial charge in [0.2, 0.25) is 0 Å². The molecule has 13 heteroatoms. The average Bonchev–Trinajstić information content (AvgIpc) is 3.74. The topological polar surface area (TPSA) is 173 Å². The molecule has 0 unspecified atom stereocenters. The number of aldehydes is 1. The van der Waals surface area contributed by atoms with Gasteiger partial charge in [0.05, 0.1) is 23.4 Å². The van der Waals surface area contributed by atoms with Crippen LogP contribution in [0.4, 0.5) is 17.5 Å². The van der Waals surface area contributed by atoms with Gasteiger partial charge in [-0.3, -0.25) is 9.88 Å². The van der Waals surface area contributed by atoms with Crippen molar-refractivity contribution < 1.29 is 4.79 Å². The quantitative estimate of drug-likeness (QED) is 0.0981. The number of benzene rings is 1. The van der Waals surface area contributed by atoms with Gasteiger partial charge in [-0.15, -0.1) is 0 Å². The molecule has 1 saturated heterocycles. The van der Waals surface area contributed by atoms with Gasteiger partial charge in [0.15, 0.2) is 0 Å². The maximum Gasteiger partial charge on any atom is 0.346 e. The molecule has 6 N–H and O–H groups in total. The number of carbonyl (C=O) groups excluding carboxylic acids is 1. The summed E-state index contributed by atoms with van der Waals surface area (Å²) in [4.78, 5) is 47.7. The van der Waals surface area contributed by atoms with Crippen LogP contribution in [0.2, 0.25) is 0 Å². The number of fused-ring (bicyclic) bond motifs is 1. The number of carbonyl (C=O) groups is 1. The number of para-hydroxylation sites is 1. The van der Waals surface area contributed by atoms with E-state index in [0.29, 0.717) is 18.3 Å². The van der Waals surface area contributed by atoms with E-state index < -0.39 is 0 Å². The summed E-state index contributed by atoms with van der Waals surface area (Å²) in [6, 6.07) is 7.92. The largest absolute Gasteiger partial charge is 0.392 e. The first-order valence-corrected chi connectivity index (χ1v) is 15.5. The third kappa shape index (κ3) is 9.99. The number of nitrogens with two attached hydrogens (primary N) is 1. The van der Waals surface area contributed by atoms with E-state index >= 15 is 0 Å². The number of nitrogens with zero attached hydrogens (tertiary/aromatic N) is 6. The fourth-order valence-corrected chi connectivity index (χ4v) is 4.94. The van der Waals surface area contributed by atoms with Crippen LogP contribution in [-0.4, -0.2) is 88.8 Å². The summed E-state index contributed by atoms with van der Waals surface area (Å²) in [5, 5.41) is 7.29. The second-order valence-corrected chi connectivity index (χ2v) is 10.6. The van der Waals surface area contributed by atoms with Crippen LogP contribution >= 0.6 is 0 Å². The van der Waals surface area contributed by atoms with Crippen molar-refractivity contribution in [2.45, 2.75) is 40.5 Å². The number of likely N-dealkylation sites (tertiary alicyclic amines) is 1. The Morgan fingerprint density at radius 1 is 1.15 bits per heavy atom. The minimum absolute atomic E-state index is 0.292. The summed E-state index contributed by atoms with van der Waals surface area (Å²) in [7, 11) is 3.73. The molecule has 0 aliphatic carbocycles. The number of hydrogen-bond acceptors (Lipinski definition) is 10. The molecule has 1 fully saturated rings. The number of aromatic nitrogens is 5. The van der Waals surface area contributed by atoms with Gasteiger partial charge >= 0.3 is 5.69 Å².